The average Bonchev–Trinajstić information content (AvgIpc) is 2.39. The number of amides is 1. The number of hydrogen-bond acceptors (Lipinski definition) is 2. The first-order valence-corrected chi connectivity index (χ1v) is 6.86. The quantitative estimate of drug-likeness (QED) is 0.777. The summed E-state index contributed by atoms with van der Waals surface area (Å²) in [5.41, 5.74) is 0. The van der Waals surface area contributed by atoms with Gasteiger partial charge in [0.15, 0.2) is 0 Å². The van der Waals surface area contributed by atoms with Gasteiger partial charge in [-0.1, -0.05) is 13.3 Å². The Kier molecular flexibility index (Phi) is 4.22. The number of nitrogens with zero attached hydrogens (tertiary/aromatic N) is 1. The Hall–Kier alpha value is -0.570. The minimum atomic E-state index is 0.112. The molecule has 0 unspecified atom stereocenters. The molecule has 2 aliphatic rings. The summed E-state index contributed by atoms with van der Waals surface area (Å²) in [4.78, 5) is 14.5. The van der Waals surface area contributed by atoms with Crippen molar-refractivity contribution in [3.8, 4) is 0 Å². The molecule has 2 aliphatic heterocycles. The van der Waals surface area contributed by atoms with E-state index in [4.69, 9.17) is 0 Å². The van der Waals surface area contributed by atoms with Crippen LogP contribution in [0.1, 0.15) is 51.9 Å². The molecule has 0 aliphatic carbocycles. The number of piperidine rings is 2. The molecule has 2 heterocycles. The van der Waals surface area contributed by atoms with Crippen LogP contribution in [-0.2, 0) is 4.79 Å². The molecule has 1 amide bonds. The minimum Gasteiger partial charge on any atom is -0.338 e. The van der Waals surface area contributed by atoms with Gasteiger partial charge in [-0.25, -0.2) is 0 Å². The van der Waals surface area contributed by atoms with E-state index in [2.05, 4.69) is 17.1 Å². The van der Waals surface area contributed by atoms with Gasteiger partial charge in [0.05, 0.1) is 6.04 Å². The highest BCUT2D eigenvalue weighted by Gasteiger charge is 2.30. The van der Waals surface area contributed by atoms with Gasteiger partial charge in [-0.15, -0.1) is 0 Å². The maximum Gasteiger partial charge on any atom is 0.239 e. The number of hydrogen-bond donors (Lipinski definition) is 1. The van der Waals surface area contributed by atoms with Gasteiger partial charge in [-0.2, -0.15) is 0 Å². The van der Waals surface area contributed by atoms with Crippen molar-refractivity contribution >= 4 is 5.91 Å². The summed E-state index contributed by atoms with van der Waals surface area (Å²) >= 11 is 0. The third-order valence-electron chi connectivity index (χ3n) is 3.99. The zero-order chi connectivity index (χ0) is 11.4. The van der Waals surface area contributed by atoms with Crippen molar-refractivity contribution in [2.45, 2.75) is 64.0 Å². The molecule has 0 aromatic carbocycles. The van der Waals surface area contributed by atoms with Crippen molar-refractivity contribution < 1.29 is 4.79 Å². The second kappa shape index (κ2) is 5.67. The Morgan fingerprint density at radius 2 is 2.06 bits per heavy atom. The Morgan fingerprint density at radius 3 is 2.75 bits per heavy atom. The molecule has 0 radical (unpaired) electrons. The Morgan fingerprint density at radius 1 is 1.25 bits per heavy atom. The monoisotopic (exact) mass is 224 g/mol. The van der Waals surface area contributed by atoms with Crippen LogP contribution in [-0.4, -0.2) is 36.0 Å². The first-order chi connectivity index (χ1) is 7.83. The van der Waals surface area contributed by atoms with Gasteiger partial charge in [0.25, 0.3) is 0 Å². The lowest BCUT2D eigenvalue weighted by atomic mass is 9.97. The van der Waals surface area contributed by atoms with Gasteiger partial charge in [0, 0.05) is 12.6 Å². The summed E-state index contributed by atoms with van der Waals surface area (Å²) < 4.78 is 0. The molecule has 2 fully saturated rings. The Bertz CT molecular complexity index is 236. The lowest BCUT2D eigenvalue weighted by Crippen LogP contribution is -2.53. The Balaban J connectivity index is 1.95. The molecule has 3 nitrogen and oxygen atoms in total. The van der Waals surface area contributed by atoms with Crippen LogP contribution < -0.4 is 5.32 Å². The molecule has 3 heteroatoms. The van der Waals surface area contributed by atoms with Crippen molar-refractivity contribution in [2.75, 3.05) is 13.1 Å². The first kappa shape index (κ1) is 11.9. The van der Waals surface area contributed by atoms with E-state index < -0.39 is 0 Å². The molecule has 16 heavy (non-hydrogen) atoms. The molecule has 0 spiro atoms. The van der Waals surface area contributed by atoms with Crippen LogP contribution in [0.15, 0.2) is 0 Å². The van der Waals surface area contributed by atoms with E-state index in [-0.39, 0.29) is 6.04 Å². The van der Waals surface area contributed by atoms with Gasteiger partial charge >= 0.3 is 0 Å². The largest absolute Gasteiger partial charge is 0.338 e. The van der Waals surface area contributed by atoms with E-state index in [9.17, 15) is 4.79 Å². The fraction of sp³-hybridized carbons (Fsp3) is 0.923. The van der Waals surface area contributed by atoms with Crippen molar-refractivity contribution in [1.29, 1.82) is 0 Å². The molecular weight excluding hydrogens is 200 g/mol. The summed E-state index contributed by atoms with van der Waals surface area (Å²) in [6.07, 6.45) is 8.25. The van der Waals surface area contributed by atoms with Crippen LogP contribution in [0.3, 0.4) is 0 Å². The molecule has 1 N–H and O–H groups in total. The highest BCUT2D eigenvalue weighted by molar-refractivity contribution is 5.82. The summed E-state index contributed by atoms with van der Waals surface area (Å²) in [5, 5.41) is 3.37. The highest BCUT2D eigenvalue weighted by Crippen LogP contribution is 2.21. The lowest BCUT2D eigenvalue weighted by Gasteiger charge is -2.38. The van der Waals surface area contributed by atoms with Crippen molar-refractivity contribution in [3.05, 3.63) is 0 Å². The molecule has 2 rings (SSSR count). The topological polar surface area (TPSA) is 32.3 Å². The van der Waals surface area contributed by atoms with Crippen LogP contribution in [0.4, 0.5) is 0 Å². The summed E-state index contributed by atoms with van der Waals surface area (Å²) in [5.74, 6) is 0.367. The van der Waals surface area contributed by atoms with Gasteiger partial charge < -0.3 is 10.2 Å². The van der Waals surface area contributed by atoms with Gasteiger partial charge in [0.1, 0.15) is 0 Å². The van der Waals surface area contributed by atoms with E-state index in [0.717, 1.165) is 25.9 Å². The summed E-state index contributed by atoms with van der Waals surface area (Å²) in [6.45, 7) is 4.20. The number of carbonyl (C=O) groups is 1. The normalized spacial score (nSPS) is 31.4. The van der Waals surface area contributed by atoms with E-state index >= 15 is 0 Å². The van der Waals surface area contributed by atoms with E-state index in [1.807, 2.05) is 0 Å². The molecule has 0 bridgehead atoms. The molecule has 92 valence electrons. The van der Waals surface area contributed by atoms with Gasteiger partial charge in [0.2, 0.25) is 5.91 Å². The molecule has 2 saturated heterocycles. The second-order valence-electron chi connectivity index (χ2n) is 5.09. The predicted molar refractivity (Wildman–Crippen MR) is 65.3 cm³/mol. The van der Waals surface area contributed by atoms with Crippen molar-refractivity contribution in [1.82, 2.24) is 10.2 Å². The highest BCUT2D eigenvalue weighted by atomic mass is 16.2. The van der Waals surface area contributed by atoms with Crippen molar-refractivity contribution in [2.24, 2.45) is 0 Å². The van der Waals surface area contributed by atoms with Crippen LogP contribution in [0, 0.1) is 0 Å². The Labute approximate surface area is 98.6 Å². The van der Waals surface area contributed by atoms with Crippen LogP contribution in [0.2, 0.25) is 0 Å². The first-order valence-electron chi connectivity index (χ1n) is 6.86. The average molecular weight is 224 g/mol. The lowest BCUT2D eigenvalue weighted by molar-refractivity contribution is -0.137. The third kappa shape index (κ3) is 2.57. The SMILES string of the molecule is CC[C@H]1CCCCN1C(=O)[C@@H]1CCCCN1. The number of likely N-dealkylation sites (tertiary alicyclic amines) is 1. The van der Waals surface area contributed by atoms with Crippen molar-refractivity contribution in [3.63, 3.8) is 0 Å². The molecular formula is C13H24N2O. The second-order valence-corrected chi connectivity index (χ2v) is 5.09. The van der Waals surface area contributed by atoms with Crippen LogP contribution in [0.5, 0.6) is 0 Å². The molecule has 2 atom stereocenters. The fourth-order valence-electron chi connectivity index (χ4n) is 2.98. The summed E-state index contributed by atoms with van der Waals surface area (Å²) in [6, 6.07) is 0.617. The fourth-order valence-corrected chi connectivity index (χ4v) is 2.98. The molecule has 0 aromatic heterocycles. The van der Waals surface area contributed by atoms with Crippen LogP contribution >= 0.6 is 0 Å². The van der Waals surface area contributed by atoms with Gasteiger partial charge in [-0.05, 0) is 45.1 Å². The van der Waals surface area contributed by atoms with E-state index in [1.165, 1.54) is 32.1 Å². The van der Waals surface area contributed by atoms with Gasteiger partial charge in [-0.3, -0.25) is 4.79 Å². The predicted octanol–water partition coefficient (Wildman–Crippen LogP) is 1.92. The number of rotatable bonds is 2. The third-order valence-corrected chi connectivity index (χ3v) is 3.99. The van der Waals surface area contributed by atoms with E-state index in [1.54, 1.807) is 0 Å². The maximum atomic E-state index is 12.4. The van der Waals surface area contributed by atoms with E-state index in [0.29, 0.717) is 11.9 Å². The van der Waals surface area contributed by atoms with Crippen LogP contribution in [0.25, 0.3) is 0 Å². The maximum absolute atomic E-state index is 12.4. The zero-order valence-electron chi connectivity index (χ0n) is 10.4. The minimum absolute atomic E-state index is 0.112. The smallest absolute Gasteiger partial charge is 0.239 e. The number of nitrogens with one attached hydrogen (secondary N) is 1. The summed E-state index contributed by atoms with van der Waals surface area (Å²) in [7, 11) is 0. The standard InChI is InChI=1S/C13H24N2O/c1-2-11-7-4-6-10-15(11)13(16)12-8-3-5-9-14-12/h11-12,14H,2-10H2,1H3/t11-,12-/m0/s1. The number of carbonyl (C=O) groups excluding carboxylic acids is 1. The molecule has 0 aromatic rings. The molecule has 0 saturated carbocycles. The zero-order valence-corrected chi connectivity index (χ0v) is 10.4.